The van der Waals surface area contributed by atoms with Crippen LogP contribution in [0.3, 0.4) is 0 Å². The number of carbonyl (C=O) groups is 1. The van der Waals surface area contributed by atoms with E-state index in [9.17, 15) is 9.18 Å². The molecule has 3 rings (SSSR count). The van der Waals surface area contributed by atoms with Crippen LogP contribution in [0, 0.1) is 5.82 Å². The van der Waals surface area contributed by atoms with Crippen LogP contribution in [0.2, 0.25) is 0 Å². The van der Waals surface area contributed by atoms with Gasteiger partial charge in [-0.25, -0.2) is 4.39 Å². The zero-order valence-corrected chi connectivity index (χ0v) is 12.8. The van der Waals surface area contributed by atoms with Crippen LogP contribution < -0.4 is 5.73 Å². The van der Waals surface area contributed by atoms with Gasteiger partial charge in [-0.05, 0) is 59.3 Å². The number of hydrogen-bond acceptors (Lipinski definition) is 2. The number of nitrogens with two attached hydrogens (primary N) is 1. The highest BCUT2D eigenvalue weighted by molar-refractivity contribution is 9.10. The highest BCUT2D eigenvalue weighted by atomic mass is 79.9. The summed E-state index contributed by atoms with van der Waals surface area (Å²) in [5.41, 5.74) is 7.10. The molecule has 0 bridgehead atoms. The summed E-state index contributed by atoms with van der Waals surface area (Å²) in [7, 11) is 0. The van der Waals surface area contributed by atoms with Gasteiger partial charge in [0, 0.05) is 18.5 Å². The van der Waals surface area contributed by atoms with E-state index in [1.807, 2.05) is 11.0 Å². The van der Waals surface area contributed by atoms with Crippen LogP contribution in [0.1, 0.15) is 43.7 Å². The van der Waals surface area contributed by atoms with Crippen molar-refractivity contribution in [3.05, 3.63) is 34.1 Å². The maximum Gasteiger partial charge on any atom is 0.223 e. The van der Waals surface area contributed by atoms with Crippen molar-refractivity contribution in [2.75, 3.05) is 0 Å². The van der Waals surface area contributed by atoms with Crippen molar-refractivity contribution in [1.29, 1.82) is 0 Å². The Labute approximate surface area is 126 Å². The van der Waals surface area contributed by atoms with Gasteiger partial charge in [-0.1, -0.05) is 6.07 Å². The minimum Gasteiger partial charge on any atom is -0.331 e. The Hall–Kier alpha value is -0.940. The molecule has 1 heterocycles. The van der Waals surface area contributed by atoms with Gasteiger partial charge in [0.25, 0.3) is 0 Å². The van der Waals surface area contributed by atoms with Crippen molar-refractivity contribution in [3.63, 3.8) is 0 Å². The largest absolute Gasteiger partial charge is 0.331 e. The van der Waals surface area contributed by atoms with Crippen LogP contribution >= 0.6 is 15.9 Å². The molecule has 1 aromatic rings. The molecule has 2 unspecified atom stereocenters. The van der Waals surface area contributed by atoms with Crippen molar-refractivity contribution in [2.45, 2.75) is 50.2 Å². The molecule has 108 valence electrons. The molecular weight excluding hydrogens is 323 g/mol. The molecule has 1 saturated carbocycles. The van der Waals surface area contributed by atoms with Gasteiger partial charge in [-0.2, -0.15) is 0 Å². The summed E-state index contributed by atoms with van der Waals surface area (Å²) in [4.78, 5) is 14.3. The van der Waals surface area contributed by atoms with Gasteiger partial charge >= 0.3 is 0 Å². The Bertz CT molecular complexity index is 533. The first-order chi connectivity index (χ1) is 9.58. The summed E-state index contributed by atoms with van der Waals surface area (Å²) >= 11 is 3.17. The molecule has 3 nitrogen and oxygen atoms in total. The average molecular weight is 341 g/mol. The van der Waals surface area contributed by atoms with Crippen molar-refractivity contribution < 1.29 is 9.18 Å². The number of carbonyl (C=O) groups excluding carboxylic acids is 1. The predicted molar refractivity (Wildman–Crippen MR) is 78.5 cm³/mol. The highest BCUT2D eigenvalue weighted by Gasteiger charge is 2.41. The second-order valence-corrected chi connectivity index (χ2v) is 6.56. The molecule has 1 saturated heterocycles. The molecule has 5 heteroatoms. The van der Waals surface area contributed by atoms with Crippen LogP contribution in [-0.2, 0) is 4.79 Å². The van der Waals surface area contributed by atoms with Crippen LogP contribution in [0.15, 0.2) is 22.7 Å². The summed E-state index contributed by atoms with van der Waals surface area (Å²) in [6.07, 6.45) is 4.25. The van der Waals surface area contributed by atoms with Gasteiger partial charge in [-0.15, -0.1) is 0 Å². The molecule has 0 spiro atoms. The third kappa shape index (κ3) is 2.61. The first-order valence-electron chi connectivity index (χ1n) is 7.09. The van der Waals surface area contributed by atoms with Crippen molar-refractivity contribution in [3.8, 4) is 0 Å². The third-order valence-electron chi connectivity index (χ3n) is 4.15. The number of amides is 1. The Morgan fingerprint density at radius 2 is 2.05 bits per heavy atom. The number of nitrogens with zero attached hydrogens (tertiary/aromatic N) is 1. The molecule has 2 N–H and O–H groups in total. The lowest BCUT2D eigenvalue weighted by Crippen LogP contribution is -2.43. The lowest BCUT2D eigenvalue weighted by Gasteiger charge is -2.34. The van der Waals surface area contributed by atoms with Crippen LogP contribution in [0.4, 0.5) is 4.39 Å². The second-order valence-electron chi connectivity index (χ2n) is 5.71. The molecule has 1 aliphatic carbocycles. The van der Waals surface area contributed by atoms with Crippen LogP contribution in [0.25, 0.3) is 0 Å². The summed E-state index contributed by atoms with van der Waals surface area (Å²) in [6.45, 7) is 0. The first-order valence-corrected chi connectivity index (χ1v) is 7.89. The Morgan fingerprint density at radius 1 is 1.30 bits per heavy atom. The van der Waals surface area contributed by atoms with Crippen LogP contribution in [-0.4, -0.2) is 22.9 Å². The fraction of sp³-hybridized carbons (Fsp3) is 0.533. The van der Waals surface area contributed by atoms with E-state index in [1.54, 1.807) is 6.07 Å². The smallest absolute Gasteiger partial charge is 0.223 e. The average Bonchev–Trinajstić information content (AvgIpc) is 3.22. The highest BCUT2D eigenvalue weighted by Crippen LogP contribution is 2.39. The summed E-state index contributed by atoms with van der Waals surface area (Å²) in [5.74, 6) is -0.143. The number of hydrogen-bond donors (Lipinski definition) is 1. The lowest BCUT2D eigenvalue weighted by molar-refractivity contribution is -0.133. The van der Waals surface area contributed by atoms with Crippen LogP contribution in [0.5, 0.6) is 0 Å². The van der Waals surface area contributed by atoms with E-state index in [4.69, 9.17) is 5.73 Å². The number of rotatable bonds is 2. The van der Waals surface area contributed by atoms with Gasteiger partial charge in [0.05, 0.1) is 10.5 Å². The van der Waals surface area contributed by atoms with E-state index in [-0.39, 0.29) is 23.8 Å². The van der Waals surface area contributed by atoms with Gasteiger partial charge in [0.2, 0.25) is 5.91 Å². The fourth-order valence-corrected chi connectivity index (χ4v) is 3.27. The van der Waals surface area contributed by atoms with E-state index >= 15 is 0 Å². The van der Waals surface area contributed by atoms with Crippen molar-refractivity contribution in [2.24, 2.45) is 5.73 Å². The molecule has 20 heavy (non-hydrogen) atoms. The SMILES string of the molecule is NC1CCCC(=O)N(C2CC2)C1c1ccc(Br)c(F)c1. The van der Waals surface area contributed by atoms with Gasteiger partial charge in [0.1, 0.15) is 5.82 Å². The maximum atomic E-state index is 13.8. The summed E-state index contributed by atoms with van der Waals surface area (Å²) < 4.78 is 14.3. The van der Waals surface area contributed by atoms with E-state index in [0.717, 1.165) is 31.2 Å². The Balaban J connectivity index is 2.00. The van der Waals surface area contributed by atoms with E-state index in [2.05, 4.69) is 15.9 Å². The second kappa shape index (κ2) is 5.45. The Kier molecular flexibility index (Phi) is 3.82. The molecular formula is C15H18BrFN2O. The lowest BCUT2D eigenvalue weighted by atomic mass is 9.96. The summed E-state index contributed by atoms with van der Waals surface area (Å²) in [5, 5.41) is 0. The zero-order valence-electron chi connectivity index (χ0n) is 11.2. The standard InChI is InChI=1S/C15H18BrFN2O/c16-11-7-4-9(8-12(11)17)15-13(18)2-1-3-14(20)19(15)10-5-6-10/h4,7-8,10,13,15H,1-3,5-6,18H2. The van der Waals surface area contributed by atoms with Gasteiger partial charge in [-0.3, -0.25) is 4.79 Å². The molecule has 2 fully saturated rings. The van der Waals surface area contributed by atoms with Gasteiger partial charge < -0.3 is 10.6 Å². The Morgan fingerprint density at radius 3 is 2.70 bits per heavy atom. The zero-order chi connectivity index (χ0) is 14.3. The molecule has 2 aliphatic rings. The number of halogens is 2. The van der Waals surface area contributed by atoms with Crippen molar-refractivity contribution >= 4 is 21.8 Å². The normalized spacial score (nSPS) is 27.6. The van der Waals surface area contributed by atoms with Gasteiger partial charge in [0.15, 0.2) is 0 Å². The number of likely N-dealkylation sites (tertiary alicyclic amines) is 1. The first kappa shape index (κ1) is 14.0. The minimum absolute atomic E-state index is 0.123. The molecule has 1 aliphatic heterocycles. The predicted octanol–water partition coefficient (Wildman–Crippen LogP) is 3.13. The van der Waals surface area contributed by atoms with E-state index in [0.29, 0.717) is 16.9 Å². The van der Waals surface area contributed by atoms with E-state index in [1.165, 1.54) is 6.07 Å². The molecule has 2 atom stereocenters. The fourth-order valence-electron chi connectivity index (χ4n) is 3.02. The quantitative estimate of drug-likeness (QED) is 0.898. The van der Waals surface area contributed by atoms with E-state index < -0.39 is 0 Å². The maximum absolute atomic E-state index is 13.8. The third-order valence-corrected chi connectivity index (χ3v) is 4.79. The monoisotopic (exact) mass is 340 g/mol. The molecule has 1 amide bonds. The number of benzene rings is 1. The topological polar surface area (TPSA) is 46.3 Å². The summed E-state index contributed by atoms with van der Waals surface area (Å²) in [6, 6.07) is 5.04. The molecule has 0 radical (unpaired) electrons. The molecule has 0 aromatic heterocycles. The minimum atomic E-state index is -0.304. The molecule has 1 aromatic carbocycles. The van der Waals surface area contributed by atoms with Crippen molar-refractivity contribution in [1.82, 2.24) is 4.90 Å².